The number of carbonyl (C=O) groups is 1. The minimum Gasteiger partial charge on any atom is -0.309 e. The second kappa shape index (κ2) is 10.1. The fourth-order valence-electron chi connectivity index (χ4n) is 4.02. The summed E-state index contributed by atoms with van der Waals surface area (Å²) >= 11 is 0. The molecule has 0 saturated carbocycles. The molecule has 7 nitrogen and oxygen atoms in total. The van der Waals surface area contributed by atoms with Gasteiger partial charge in [-0.3, -0.25) is 14.8 Å². The molecule has 2 heterocycles. The molecule has 0 atom stereocenters. The molecule has 0 aliphatic heterocycles. The number of hydrogen-bond donors (Lipinski definition) is 1. The first-order valence-electron chi connectivity index (χ1n) is 11.3. The molecule has 0 bridgehead atoms. The number of nitrogens with one attached hydrogen (secondary N) is 1. The van der Waals surface area contributed by atoms with E-state index in [9.17, 15) is 4.79 Å². The van der Waals surface area contributed by atoms with E-state index in [-0.39, 0.29) is 5.91 Å². The molecule has 0 saturated heterocycles. The minimum atomic E-state index is -0.0605. The number of fused-ring (bicyclic) bond motifs is 1. The number of imidazole rings is 1. The van der Waals surface area contributed by atoms with Gasteiger partial charge in [-0.25, -0.2) is 4.98 Å². The lowest BCUT2D eigenvalue weighted by atomic mass is 10.1. The molecule has 0 aliphatic carbocycles. The quantitative estimate of drug-likeness (QED) is 0.534. The van der Waals surface area contributed by atoms with Gasteiger partial charge in [0.2, 0.25) is 11.9 Å². The maximum atomic E-state index is 13.0. The second-order valence-corrected chi connectivity index (χ2v) is 8.55. The third-order valence-corrected chi connectivity index (χ3v) is 5.85. The molecule has 3 rings (SSSR count). The van der Waals surface area contributed by atoms with E-state index < -0.39 is 0 Å². The van der Waals surface area contributed by atoms with E-state index >= 15 is 0 Å². The van der Waals surface area contributed by atoms with Gasteiger partial charge in [0.1, 0.15) is 0 Å². The van der Waals surface area contributed by atoms with Crippen molar-refractivity contribution in [1.29, 1.82) is 0 Å². The van der Waals surface area contributed by atoms with Crippen LogP contribution in [0.3, 0.4) is 0 Å². The third-order valence-electron chi connectivity index (χ3n) is 5.85. The largest absolute Gasteiger partial charge is 0.309 e. The van der Waals surface area contributed by atoms with E-state index in [1.165, 1.54) is 0 Å². The lowest BCUT2D eigenvalue weighted by Gasteiger charge is -2.19. The van der Waals surface area contributed by atoms with Crippen LogP contribution in [0.15, 0.2) is 24.3 Å². The zero-order chi connectivity index (χ0) is 22.5. The fourth-order valence-corrected chi connectivity index (χ4v) is 4.02. The first-order chi connectivity index (χ1) is 14.8. The number of amides is 1. The molecule has 1 aromatic carbocycles. The van der Waals surface area contributed by atoms with Crippen LogP contribution in [0, 0.1) is 19.8 Å². The van der Waals surface area contributed by atoms with Crippen LogP contribution >= 0.6 is 0 Å². The maximum Gasteiger partial charge on any atom is 0.231 e. The van der Waals surface area contributed by atoms with E-state index in [2.05, 4.69) is 53.6 Å². The topological polar surface area (TPSA) is 68.0 Å². The van der Waals surface area contributed by atoms with E-state index in [1.807, 2.05) is 36.7 Å². The summed E-state index contributed by atoms with van der Waals surface area (Å²) in [7, 11) is 0. The first-order valence-corrected chi connectivity index (χ1v) is 11.3. The Morgan fingerprint density at radius 1 is 1.16 bits per heavy atom. The van der Waals surface area contributed by atoms with Crippen LogP contribution in [0.4, 0.5) is 5.95 Å². The fraction of sp³-hybridized carbons (Fsp3) is 0.542. The summed E-state index contributed by atoms with van der Waals surface area (Å²) in [6, 6.07) is 8.04. The molecule has 7 heteroatoms. The molecule has 3 aromatic rings. The Labute approximate surface area is 185 Å². The smallest absolute Gasteiger partial charge is 0.231 e. The standard InChI is InChI=1S/C24H36N6O/c1-7-28(8-2)13-14-29-22-12-10-9-11-21(22)25-24(29)26-23(31)15-20-18(5)27-30(19(20)6)16-17(3)4/h9-12,17H,7-8,13-16H2,1-6H3,(H,25,26,31). The molecule has 2 aromatic heterocycles. The van der Waals surface area contributed by atoms with Crippen LogP contribution in [0.25, 0.3) is 11.0 Å². The number of aryl methyl sites for hydroxylation is 1. The maximum absolute atomic E-state index is 13.0. The average Bonchev–Trinajstić information content (AvgIpc) is 3.20. The number of likely N-dealkylation sites (N-methyl/N-ethyl adjacent to an activating group) is 1. The normalized spacial score (nSPS) is 11.7. The Morgan fingerprint density at radius 3 is 2.55 bits per heavy atom. The third kappa shape index (κ3) is 5.34. The van der Waals surface area contributed by atoms with Crippen molar-refractivity contribution in [3.63, 3.8) is 0 Å². The van der Waals surface area contributed by atoms with E-state index in [4.69, 9.17) is 4.98 Å². The predicted octanol–water partition coefficient (Wildman–Crippen LogP) is 4.03. The summed E-state index contributed by atoms with van der Waals surface area (Å²) in [6.07, 6.45) is 0.301. The van der Waals surface area contributed by atoms with Gasteiger partial charge in [0.15, 0.2) is 0 Å². The number of nitrogens with zero attached hydrogens (tertiary/aromatic N) is 5. The van der Waals surface area contributed by atoms with Crippen LogP contribution in [-0.2, 0) is 24.3 Å². The number of anilines is 1. The molecule has 0 fully saturated rings. The number of aromatic nitrogens is 4. The Morgan fingerprint density at radius 2 is 1.87 bits per heavy atom. The Bertz CT molecular complexity index is 1030. The molecule has 31 heavy (non-hydrogen) atoms. The minimum absolute atomic E-state index is 0.0605. The van der Waals surface area contributed by atoms with Crippen LogP contribution in [0.1, 0.15) is 44.6 Å². The lowest BCUT2D eigenvalue weighted by Crippen LogP contribution is -2.28. The van der Waals surface area contributed by atoms with Crippen molar-refractivity contribution in [3.05, 3.63) is 41.2 Å². The monoisotopic (exact) mass is 424 g/mol. The molecular formula is C24H36N6O. The highest BCUT2D eigenvalue weighted by Gasteiger charge is 2.18. The molecule has 0 aliphatic rings. The molecule has 0 unspecified atom stereocenters. The van der Waals surface area contributed by atoms with E-state index in [1.54, 1.807) is 0 Å². The highest BCUT2D eigenvalue weighted by atomic mass is 16.1. The van der Waals surface area contributed by atoms with Crippen LogP contribution < -0.4 is 5.32 Å². The summed E-state index contributed by atoms with van der Waals surface area (Å²) in [5.41, 5.74) is 4.93. The summed E-state index contributed by atoms with van der Waals surface area (Å²) in [6.45, 7) is 17.3. The van der Waals surface area contributed by atoms with Crippen molar-refractivity contribution in [3.8, 4) is 0 Å². The van der Waals surface area contributed by atoms with Crippen molar-refractivity contribution in [2.24, 2.45) is 5.92 Å². The number of rotatable bonds is 10. The number of hydrogen-bond acceptors (Lipinski definition) is 4. The zero-order valence-electron chi connectivity index (χ0n) is 19.8. The Balaban J connectivity index is 1.80. The van der Waals surface area contributed by atoms with Crippen LogP contribution in [0.5, 0.6) is 0 Å². The van der Waals surface area contributed by atoms with Crippen molar-refractivity contribution >= 4 is 22.9 Å². The molecule has 1 N–H and O–H groups in total. The summed E-state index contributed by atoms with van der Waals surface area (Å²) in [5, 5.41) is 7.71. The van der Waals surface area contributed by atoms with Gasteiger partial charge in [-0.1, -0.05) is 39.8 Å². The molecule has 0 spiro atoms. The Hall–Kier alpha value is -2.67. The van der Waals surface area contributed by atoms with Gasteiger partial charge in [-0.2, -0.15) is 5.10 Å². The van der Waals surface area contributed by atoms with Gasteiger partial charge in [0.05, 0.1) is 23.1 Å². The molecule has 168 valence electrons. The lowest BCUT2D eigenvalue weighted by molar-refractivity contribution is -0.115. The SMILES string of the molecule is CCN(CC)CCn1c(NC(=O)Cc2c(C)nn(CC(C)C)c2C)nc2ccccc21. The van der Waals surface area contributed by atoms with Crippen LogP contribution in [0.2, 0.25) is 0 Å². The molecule has 1 amide bonds. The van der Waals surface area contributed by atoms with E-state index in [0.717, 1.165) is 60.7 Å². The van der Waals surface area contributed by atoms with E-state index in [0.29, 0.717) is 18.3 Å². The number of carbonyl (C=O) groups excluding carboxylic acids is 1. The second-order valence-electron chi connectivity index (χ2n) is 8.55. The predicted molar refractivity (Wildman–Crippen MR) is 126 cm³/mol. The average molecular weight is 425 g/mol. The summed E-state index contributed by atoms with van der Waals surface area (Å²) in [5.74, 6) is 1.06. The van der Waals surface area contributed by atoms with Crippen molar-refractivity contribution < 1.29 is 4.79 Å². The van der Waals surface area contributed by atoms with Gasteiger partial charge in [-0.05, 0) is 45.0 Å². The van der Waals surface area contributed by atoms with Gasteiger partial charge in [-0.15, -0.1) is 0 Å². The summed E-state index contributed by atoms with van der Waals surface area (Å²) in [4.78, 5) is 20.1. The van der Waals surface area contributed by atoms with Gasteiger partial charge in [0.25, 0.3) is 0 Å². The Kier molecular flexibility index (Phi) is 7.49. The van der Waals surface area contributed by atoms with Gasteiger partial charge < -0.3 is 9.47 Å². The highest BCUT2D eigenvalue weighted by molar-refractivity contribution is 5.93. The van der Waals surface area contributed by atoms with Gasteiger partial charge >= 0.3 is 0 Å². The van der Waals surface area contributed by atoms with Crippen molar-refractivity contribution in [2.75, 3.05) is 25.0 Å². The highest BCUT2D eigenvalue weighted by Crippen LogP contribution is 2.21. The molecule has 0 radical (unpaired) electrons. The van der Waals surface area contributed by atoms with Crippen LogP contribution in [-0.4, -0.2) is 49.8 Å². The van der Waals surface area contributed by atoms with Crippen molar-refractivity contribution in [1.82, 2.24) is 24.2 Å². The molecular weight excluding hydrogens is 388 g/mol. The van der Waals surface area contributed by atoms with Crippen molar-refractivity contribution in [2.45, 2.75) is 61.1 Å². The zero-order valence-corrected chi connectivity index (χ0v) is 19.8. The first kappa shape index (κ1) is 23.0. The number of para-hydroxylation sites is 2. The summed E-state index contributed by atoms with van der Waals surface area (Å²) < 4.78 is 4.13. The van der Waals surface area contributed by atoms with Gasteiger partial charge in [0, 0.05) is 30.9 Å². The number of benzene rings is 1.